The fourth-order valence-electron chi connectivity index (χ4n) is 1.51. The SMILES string of the molecule is CCCCC(CC)c1n[nH]c(C)n1. The summed E-state index contributed by atoms with van der Waals surface area (Å²) in [5.74, 6) is 2.46. The van der Waals surface area contributed by atoms with Gasteiger partial charge >= 0.3 is 0 Å². The Balaban J connectivity index is 2.56. The summed E-state index contributed by atoms with van der Waals surface area (Å²) in [4.78, 5) is 4.37. The average molecular weight is 181 g/mol. The molecular formula is C10H19N3. The summed E-state index contributed by atoms with van der Waals surface area (Å²) in [6.45, 7) is 6.37. The zero-order chi connectivity index (χ0) is 9.68. The van der Waals surface area contributed by atoms with Crippen molar-refractivity contribution >= 4 is 0 Å². The number of aryl methyl sites for hydroxylation is 1. The van der Waals surface area contributed by atoms with Gasteiger partial charge in [0, 0.05) is 5.92 Å². The van der Waals surface area contributed by atoms with Gasteiger partial charge in [-0.1, -0.05) is 26.7 Å². The summed E-state index contributed by atoms with van der Waals surface area (Å²) in [5.41, 5.74) is 0. The molecule has 1 N–H and O–H groups in total. The lowest BCUT2D eigenvalue weighted by Crippen LogP contribution is -1.99. The summed E-state index contributed by atoms with van der Waals surface area (Å²) in [7, 11) is 0. The molecule has 3 heteroatoms. The number of hydrogen-bond acceptors (Lipinski definition) is 2. The van der Waals surface area contributed by atoms with Crippen molar-refractivity contribution < 1.29 is 0 Å². The topological polar surface area (TPSA) is 41.6 Å². The Morgan fingerprint density at radius 3 is 2.62 bits per heavy atom. The molecule has 0 aliphatic rings. The van der Waals surface area contributed by atoms with Crippen LogP contribution in [0, 0.1) is 6.92 Å². The summed E-state index contributed by atoms with van der Waals surface area (Å²) in [6.07, 6.45) is 4.87. The summed E-state index contributed by atoms with van der Waals surface area (Å²) in [5, 5.41) is 7.10. The lowest BCUT2D eigenvalue weighted by atomic mass is 9.99. The third-order valence-electron chi connectivity index (χ3n) is 2.38. The van der Waals surface area contributed by atoms with Gasteiger partial charge in [0.25, 0.3) is 0 Å². The van der Waals surface area contributed by atoms with E-state index in [0.717, 1.165) is 18.1 Å². The third kappa shape index (κ3) is 2.83. The lowest BCUT2D eigenvalue weighted by molar-refractivity contribution is 0.545. The molecule has 0 saturated heterocycles. The van der Waals surface area contributed by atoms with Gasteiger partial charge in [-0.05, 0) is 19.8 Å². The van der Waals surface area contributed by atoms with Crippen LogP contribution in [0.15, 0.2) is 0 Å². The highest BCUT2D eigenvalue weighted by Gasteiger charge is 2.12. The largest absolute Gasteiger partial charge is 0.263 e. The second-order valence-corrected chi connectivity index (χ2v) is 3.53. The van der Waals surface area contributed by atoms with Crippen LogP contribution in [-0.2, 0) is 0 Å². The monoisotopic (exact) mass is 181 g/mol. The van der Waals surface area contributed by atoms with Crippen LogP contribution < -0.4 is 0 Å². The number of H-pyrrole nitrogens is 1. The molecule has 13 heavy (non-hydrogen) atoms. The molecule has 0 amide bonds. The van der Waals surface area contributed by atoms with Crippen molar-refractivity contribution in [2.24, 2.45) is 0 Å². The van der Waals surface area contributed by atoms with Gasteiger partial charge in [-0.15, -0.1) is 0 Å². The van der Waals surface area contributed by atoms with Gasteiger partial charge in [-0.3, -0.25) is 5.10 Å². The first-order valence-electron chi connectivity index (χ1n) is 5.16. The Kier molecular flexibility index (Phi) is 3.93. The maximum Gasteiger partial charge on any atom is 0.153 e. The Morgan fingerprint density at radius 1 is 1.38 bits per heavy atom. The van der Waals surface area contributed by atoms with Crippen LogP contribution in [-0.4, -0.2) is 15.2 Å². The molecule has 0 aromatic carbocycles. The van der Waals surface area contributed by atoms with Gasteiger partial charge in [0.15, 0.2) is 5.82 Å². The van der Waals surface area contributed by atoms with Gasteiger partial charge in [-0.25, -0.2) is 4.98 Å². The first-order chi connectivity index (χ1) is 6.27. The molecule has 0 saturated carbocycles. The Hall–Kier alpha value is -0.860. The van der Waals surface area contributed by atoms with E-state index in [1.807, 2.05) is 6.92 Å². The number of aromatic nitrogens is 3. The maximum absolute atomic E-state index is 4.37. The van der Waals surface area contributed by atoms with E-state index in [2.05, 4.69) is 29.0 Å². The lowest BCUT2D eigenvalue weighted by Gasteiger charge is -2.08. The first-order valence-corrected chi connectivity index (χ1v) is 5.16. The van der Waals surface area contributed by atoms with Crippen LogP contribution in [0.3, 0.4) is 0 Å². The van der Waals surface area contributed by atoms with Crippen LogP contribution >= 0.6 is 0 Å². The Bertz CT molecular complexity index is 242. The van der Waals surface area contributed by atoms with E-state index in [9.17, 15) is 0 Å². The summed E-state index contributed by atoms with van der Waals surface area (Å²) < 4.78 is 0. The summed E-state index contributed by atoms with van der Waals surface area (Å²) in [6, 6.07) is 0. The van der Waals surface area contributed by atoms with E-state index in [4.69, 9.17) is 0 Å². The molecule has 0 radical (unpaired) electrons. The van der Waals surface area contributed by atoms with Crippen molar-refractivity contribution in [2.45, 2.75) is 52.4 Å². The first kappa shape index (κ1) is 10.2. The predicted molar refractivity (Wildman–Crippen MR) is 53.7 cm³/mol. The smallest absolute Gasteiger partial charge is 0.153 e. The van der Waals surface area contributed by atoms with Gasteiger partial charge in [0.2, 0.25) is 0 Å². The standard InChI is InChI=1S/C10H19N3/c1-4-6-7-9(5-2)10-11-8(3)12-13-10/h9H,4-7H2,1-3H3,(H,11,12,13). The number of aromatic amines is 1. The number of hydrogen-bond donors (Lipinski definition) is 1. The van der Waals surface area contributed by atoms with Gasteiger partial charge in [0.1, 0.15) is 5.82 Å². The number of rotatable bonds is 5. The zero-order valence-corrected chi connectivity index (χ0v) is 8.80. The molecule has 0 spiro atoms. The van der Waals surface area contributed by atoms with Crippen molar-refractivity contribution in [3.05, 3.63) is 11.6 Å². The van der Waals surface area contributed by atoms with Gasteiger partial charge in [-0.2, -0.15) is 5.10 Å². The maximum atomic E-state index is 4.37. The molecule has 1 aromatic heterocycles. The molecule has 0 aliphatic carbocycles. The fraction of sp³-hybridized carbons (Fsp3) is 0.800. The number of unbranched alkanes of at least 4 members (excludes halogenated alkanes) is 1. The van der Waals surface area contributed by atoms with Crippen molar-refractivity contribution in [2.75, 3.05) is 0 Å². The minimum Gasteiger partial charge on any atom is -0.263 e. The van der Waals surface area contributed by atoms with Crippen molar-refractivity contribution in [1.82, 2.24) is 15.2 Å². The van der Waals surface area contributed by atoms with E-state index in [-0.39, 0.29) is 0 Å². The van der Waals surface area contributed by atoms with Crippen molar-refractivity contribution in [1.29, 1.82) is 0 Å². The molecule has 3 nitrogen and oxygen atoms in total. The Labute approximate surface area is 80.0 Å². The normalized spacial score (nSPS) is 13.2. The summed E-state index contributed by atoms with van der Waals surface area (Å²) >= 11 is 0. The van der Waals surface area contributed by atoms with E-state index in [1.165, 1.54) is 19.3 Å². The van der Waals surface area contributed by atoms with Gasteiger partial charge < -0.3 is 0 Å². The molecule has 74 valence electrons. The van der Waals surface area contributed by atoms with Crippen LogP contribution in [0.5, 0.6) is 0 Å². The second-order valence-electron chi connectivity index (χ2n) is 3.53. The molecule has 1 heterocycles. The molecule has 0 fully saturated rings. The third-order valence-corrected chi connectivity index (χ3v) is 2.38. The average Bonchev–Trinajstić information content (AvgIpc) is 2.54. The highest BCUT2D eigenvalue weighted by molar-refractivity contribution is 4.95. The molecule has 0 aliphatic heterocycles. The van der Waals surface area contributed by atoms with Crippen molar-refractivity contribution in [3.63, 3.8) is 0 Å². The quantitative estimate of drug-likeness (QED) is 0.759. The fourth-order valence-corrected chi connectivity index (χ4v) is 1.51. The minimum absolute atomic E-state index is 0.546. The van der Waals surface area contributed by atoms with E-state index in [0.29, 0.717) is 5.92 Å². The molecule has 1 unspecified atom stereocenters. The van der Waals surface area contributed by atoms with Crippen LogP contribution in [0.2, 0.25) is 0 Å². The van der Waals surface area contributed by atoms with E-state index >= 15 is 0 Å². The van der Waals surface area contributed by atoms with Crippen LogP contribution in [0.1, 0.15) is 57.1 Å². The molecule has 1 atom stereocenters. The van der Waals surface area contributed by atoms with Crippen LogP contribution in [0.4, 0.5) is 0 Å². The number of nitrogens with one attached hydrogen (secondary N) is 1. The second kappa shape index (κ2) is 5.00. The van der Waals surface area contributed by atoms with E-state index < -0.39 is 0 Å². The molecule has 0 bridgehead atoms. The van der Waals surface area contributed by atoms with Crippen molar-refractivity contribution in [3.8, 4) is 0 Å². The highest BCUT2D eigenvalue weighted by atomic mass is 15.2. The number of nitrogens with zero attached hydrogens (tertiary/aromatic N) is 2. The minimum atomic E-state index is 0.546. The zero-order valence-electron chi connectivity index (χ0n) is 8.80. The Morgan fingerprint density at radius 2 is 2.15 bits per heavy atom. The molecule has 1 aromatic rings. The molecular weight excluding hydrogens is 162 g/mol. The van der Waals surface area contributed by atoms with E-state index in [1.54, 1.807) is 0 Å². The highest BCUT2D eigenvalue weighted by Crippen LogP contribution is 2.21. The van der Waals surface area contributed by atoms with Crippen LogP contribution in [0.25, 0.3) is 0 Å². The van der Waals surface area contributed by atoms with Gasteiger partial charge in [0.05, 0.1) is 0 Å². The molecule has 1 rings (SSSR count). The predicted octanol–water partition coefficient (Wildman–Crippen LogP) is 2.80.